The molecular formula is C17H25N3O3. The highest BCUT2D eigenvalue weighted by Crippen LogP contribution is 2.37. The van der Waals surface area contributed by atoms with E-state index in [1.807, 2.05) is 24.3 Å². The fraction of sp³-hybridized carbons (Fsp3) is 0.588. The average molecular weight is 319 g/mol. The van der Waals surface area contributed by atoms with Gasteiger partial charge in [0.2, 0.25) is 0 Å². The fourth-order valence-electron chi connectivity index (χ4n) is 3.12. The molecule has 1 atom stereocenters. The number of rotatable bonds is 4. The van der Waals surface area contributed by atoms with E-state index in [2.05, 4.69) is 10.3 Å². The zero-order chi connectivity index (χ0) is 16.1. The van der Waals surface area contributed by atoms with Crippen molar-refractivity contribution in [2.24, 2.45) is 10.7 Å². The smallest absolute Gasteiger partial charge is 0.193 e. The Labute approximate surface area is 137 Å². The molecule has 1 aromatic carbocycles. The zero-order valence-electron chi connectivity index (χ0n) is 13.6. The molecule has 126 valence electrons. The number of methoxy groups -OCH3 is 1. The number of nitrogens with one attached hydrogen (secondary N) is 1. The Balaban J connectivity index is 1.49. The Morgan fingerprint density at radius 1 is 1.30 bits per heavy atom. The number of hydrogen-bond donors (Lipinski definition) is 2. The van der Waals surface area contributed by atoms with Crippen molar-refractivity contribution in [1.82, 2.24) is 0 Å². The summed E-state index contributed by atoms with van der Waals surface area (Å²) >= 11 is 0. The predicted molar refractivity (Wildman–Crippen MR) is 89.7 cm³/mol. The summed E-state index contributed by atoms with van der Waals surface area (Å²) in [5.74, 6) is 0.833. The summed E-state index contributed by atoms with van der Waals surface area (Å²) in [5, 5.41) is 3.06. The number of guanidine groups is 1. The summed E-state index contributed by atoms with van der Waals surface area (Å²) in [5.41, 5.74) is 6.81. The second-order valence-electron chi connectivity index (χ2n) is 6.10. The highest BCUT2D eigenvalue weighted by Gasteiger charge is 2.41. The summed E-state index contributed by atoms with van der Waals surface area (Å²) in [6, 6.07) is 7.54. The molecule has 2 aliphatic rings. The second kappa shape index (κ2) is 7.19. The Morgan fingerprint density at radius 2 is 2.04 bits per heavy atom. The highest BCUT2D eigenvalue weighted by atomic mass is 16.7. The van der Waals surface area contributed by atoms with Crippen LogP contribution in [0.5, 0.6) is 5.75 Å². The molecule has 1 saturated heterocycles. The Kier molecular flexibility index (Phi) is 5.03. The lowest BCUT2D eigenvalue weighted by atomic mass is 9.94. The maximum Gasteiger partial charge on any atom is 0.193 e. The van der Waals surface area contributed by atoms with Crippen molar-refractivity contribution >= 4 is 11.6 Å². The molecule has 1 heterocycles. The van der Waals surface area contributed by atoms with Crippen molar-refractivity contribution in [1.29, 1.82) is 0 Å². The molecule has 23 heavy (non-hydrogen) atoms. The molecular weight excluding hydrogens is 294 g/mol. The van der Waals surface area contributed by atoms with Gasteiger partial charge >= 0.3 is 0 Å². The van der Waals surface area contributed by atoms with Gasteiger partial charge in [-0.3, -0.25) is 4.99 Å². The largest absolute Gasteiger partial charge is 0.497 e. The van der Waals surface area contributed by atoms with Crippen LogP contribution in [0.25, 0.3) is 0 Å². The van der Waals surface area contributed by atoms with E-state index in [0.717, 1.165) is 24.3 Å². The van der Waals surface area contributed by atoms with Gasteiger partial charge in [0.1, 0.15) is 11.9 Å². The molecule has 0 radical (unpaired) electrons. The normalized spacial score (nSPS) is 23.9. The van der Waals surface area contributed by atoms with Gasteiger partial charge < -0.3 is 25.3 Å². The Hall–Kier alpha value is -1.79. The maximum absolute atomic E-state index is 6.09. The van der Waals surface area contributed by atoms with Crippen LogP contribution in [-0.4, -0.2) is 38.1 Å². The molecule has 1 aromatic rings. The minimum absolute atomic E-state index is 0.00989. The van der Waals surface area contributed by atoms with Gasteiger partial charge in [0, 0.05) is 18.5 Å². The van der Waals surface area contributed by atoms with Crippen LogP contribution in [0, 0.1) is 0 Å². The van der Waals surface area contributed by atoms with E-state index in [9.17, 15) is 0 Å². The monoisotopic (exact) mass is 319 g/mol. The third-order valence-corrected chi connectivity index (χ3v) is 4.36. The van der Waals surface area contributed by atoms with E-state index in [1.54, 1.807) is 7.11 Å². The van der Waals surface area contributed by atoms with E-state index in [-0.39, 0.29) is 11.9 Å². The number of hydrogen-bond acceptors (Lipinski definition) is 4. The van der Waals surface area contributed by atoms with Crippen molar-refractivity contribution in [3.8, 4) is 5.75 Å². The second-order valence-corrected chi connectivity index (χ2v) is 6.10. The zero-order valence-corrected chi connectivity index (χ0v) is 13.6. The molecule has 1 aliphatic carbocycles. The number of anilines is 1. The van der Waals surface area contributed by atoms with Crippen LogP contribution in [0.2, 0.25) is 0 Å². The lowest BCUT2D eigenvalue weighted by molar-refractivity contribution is -0.186. The van der Waals surface area contributed by atoms with E-state index < -0.39 is 0 Å². The van der Waals surface area contributed by atoms with Crippen molar-refractivity contribution in [2.75, 3.05) is 25.6 Å². The van der Waals surface area contributed by atoms with E-state index >= 15 is 0 Å². The quantitative estimate of drug-likeness (QED) is 0.658. The molecule has 0 aromatic heterocycles. The number of benzene rings is 1. The molecule has 6 heteroatoms. The van der Waals surface area contributed by atoms with Crippen LogP contribution in [0.4, 0.5) is 5.69 Å². The standard InChI is InChI=1S/C17H25N3O3/c1-21-14-7-5-13(6-8-14)20-16(18)19-11-15-12-22-17(23-15)9-3-2-4-10-17/h5-8,15H,2-4,9-12H2,1H3,(H3,18,19,20). The minimum atomic E-state index is -0.351. The van der Waals surface area contributed by atoms with Gasteiger partial charge in [-0.05, 0) is 37.1 Å². The number of nitrogens with two attached hydrogens (primary N) is 1. The molecule has 0 amide bonds. The van der Waals surface area contributed by atoms with E-state index in [0.29, 0.717) is 19.1 Å². The van der Waals surface area contributed by atoms with Crippen molar-refractivity contribution in [3.63, 3.8) is 0 Å². The molecule has 2 fully saturated rings. The third-order valence-electron chi connectivity index (χ3n) is 4.36. The summed E-state index contributed by atoms with van der Waals surface area (Å²) in [7, 11) is 1.64. The van der Waals surface area contributed by atoms with Gasteiger partial charge in [0.15, 0.2) is 11.7 Å². The third kappa shape index (κ3) is 4.14. The molecule has 3 N–H and O–H groups in total. The summed E-state index contributed by atoms with van der Waals surface area (Å²) in [6.07, 6.45) is 5.61. The Morgan fingerprint density at radius 3 is 2.74 bits per heavy atom. The Bertz CT molecular complexity index is 539. The summed E-state index contributed by atoms with van der Waals surface area (Å²) in [4.78, 5) is 4.37. The van der Waals surface area contributed by atoms with Gasteiger partial charge in [0.25, 0.3) is 0 Å². The van der Waals surface area contributed by atoms with Crippen LogP contribution in [0.3, 0.4) is 0 Å². The number of aliphatic imine (C=N–C) groups is 1. The molecule has 1 aliphatic heterocycles. The molecule has 6 nitrogen and oxygen atoms in total. The minimum Gasteiger partial charge on any atom is -0.497 e. The molecule has 1 saturated carbocycles. The first kappa shape index (κ1) is 16.1. The van der Waals surface area contributed by atoms with Gasteiger partial charge in [-0.15, -0.1) is 0 Å². The first-order valence-corrected chi connectivity index (χ1v) is 8.22. The first-order chi connectivity index (χ1) is 11.2. The molecule has 0 bridgehead atoms. The van der Waals surface area contributed by atoms with Crippen molar-refractivity contribution in [3.05, 3.63) is 24.3 Å². The van der Waals surface area contributed by atoms with Gasteiger partial charge in [-0.2, -0.15) is 0 Å². The topological polar surface area (TPSA) is 78.1 Å². The van der Waals surface area contributed by atoms with Crippen molar-refractivity contribution in [2.45, 2.75) is 44.0 Å². The van der Waals surface area contributed by atoms with Crippen LogP contribution >= 0.6 is 0 Å². The maximum atomic E-state index is 6.09. The lowest BCUT2D eigenvalue weighted by Crippen LogP contribution is -2.34. The molecule has 1 spiro atoms. The first-order valence-electron chi connectivity index (χ1n) is 8.22. The number of nitrogens with zero attached hydrogens (tertiary/aromatic N) is 1. The SMILES string of the molecule is COc1ccc(NC(N)=NCC2COC3(CCCCC3)O2)cc1. The molecule has 3 rings (SSSR count). The average Bonchev–Trinajstić information content (AvgIpc) is 2.97. The van der Waals surface area contributed by atoms with Gasteiger partial charge in [0.05, 0.1) is 20.3 Å². The van der Waals surface area contributed by atoms with Gasteiger partial charge in [-0.1, -0.05) is 6.42 Å². The predicted octanol–water partition coefficient (Wildman–Crippen LogP) is 2.50. The van der Waals surface area contributed by atoms with E-state index in [1.165, 1.54) is 19.3 Å². The highest BCUT2D eigenvalue weighted by molar-refractivity contribution is 5.92. The lowest BCUT2D eigenvalue weighted by Gasteiger charge is -2.31. The fourth-order valence-corrected chi connectivity index (χ4v) is 3.12. The van der Waals surface area contributed by atoms with E-state index in [4.69, 9.17) is 19.9 Å². The van der Waals surface area contributed by atoms with Crippen LogP contribution in [0.15, 0.2) is 29.3 Å². The van der Waals surface area contributed by atoms with Crippen LogP contribution < -0.4 is 15.8 Å². The molecule has 1 unspecified atom stereocenters. The summed E-state index contributed by atoms with van der Waals surface area (Å²) in [6.45, 7) is 1.11. The van der Waals surface area contributed by atoms with Gasteiger partial charge in [-0.25, -0.2) is 0 Å². The number of ether oxygens (including phenoxy) is 3. The summed E-state index contributed by atoms with van der Waals surface area (Å²) < 4.78 is 17.1. The van der Waals surface area contributed by atoms with Crippen LogP contribution in [0.1, 0.15) is 32.1 Å². The van der Waals surface area contributed by atoms with Crippen molar-refractivity contribution < 1.29 is 14.2 Å². The van der Waals surface area contributed by atoms with Crippen LogP contribution in [-0.2, 0) is 9.47 Å².